The highest BCUT2D eigenvalue weighted by Crippen LogP contribution is 2.33. The Morgan fingerprint density at radius 3 is 2.78 bits per heavy atom. The minimum atomic E-state index is -1.06. The standard InChI is InChI=1S/C14H22N2O2/c1-11-5-7-14(18,8-6-11)13(17)4-3-12-9-15-16(2)10-12/h9-11,18H,3-8H2,1-2H3. The summed E-state index contributed by atoms with van der Waals surface area (Å²) in [7, 11) is 1.86. The van der Waals surface area contributed by atoms with E-state index >= 15 is 0 Å². The minimum Gasteiger partial charge on any atom is -0.382 e. The molecular formula is C14H22N2O2. The number of hydrogen-bond acceptors (Lipinski definition) is 3. The molecule has 100 valence electrons. The maximum absolute atomic E-state index is 12.1. The third-order valence-electron chi connectivity index (χ3n) is 4.02. The lowest BCUT2D eigenvalue weighted by Crippen LogP contribution is -2.42. The highest BCUT2D eigenvalue weighted by atomic mass is 16.3. The summed E-state index contributed by atoms with van der Waals surface area (Å²) in [6.45, 7) is 2.18. The van der Waals surface area contributed by atoms with E-state index in [1.54, 1.807) is 10.9 Å². The zero-order chi connectivity index (χ0) is 13.2. The van der Waals surface area contributed by atoms with E-state index in [9.17, 15) is 9.90 Å². The molecule has 0 unspecified atom stereocenters. The molecule has 1 aromatic rings. The molecule has 0 radical (unpaired) electrons. The number of aromatic nitrogens is 2. The molecule has 1 saturated carbocycles. The van der Waals surface area contributed by atoms with Crippen molar-refractivity contribution in [2.24, 2.45) is 13.0 Å². The van der Waals surface area contributed by atoms with Crippen LogP contribution in [0.5, 0.6) is 0 Å². The molecule has 0 aromatic carbocycles. The lowest BCUT2D eigenvalue weighted by atomic mass is 9.76. The predicted molar refractivity (Wildman–Crippen MR) is 69.1 cm³/mol. The molecule has 1 aliphatic rings. The average molecular weight is 250 g/mol. The molecule has 4 nitrogen and oxygen atoms in total. The molecule has 0 spiro atoms. The summed E-state index contributed by atoms with van der Waals surface area (Å²) in [4.78, 5) is 12.1. The molecule has 0 bridgehead atoms. The first-order valence-electron chi connectivity index (χ1n) is 6.73. The number of hydrogen-bond donors (Lipinski definition) is 1. The van der Waals surface area contributed by atoms with Gasteiger partial charge in [-0.1, -0.05) is 6.92 Å². The van der Waals surface area contributed by atoms with Crippen LogP contribution in [0.25, 0.3) is 0 Å². The Kier molecular flexibility index (Phi) is 3.85. The summed E-state index contributed by atoms with van der Waals surface area (Å²) in [5.74, 6) is 0.634. The van der Waals surface area contributed by atoms with Gasteiger partial charge < -0.3 is 5.11 Å². The SMILES string of the molecule is CC1CCC(O)(C(=O)CCc2cnn(C)c2)CC1. The van der Waals surface area contributed by atoms with Gasteiger partial charge in [-0.2, -0.15) is 5.10 Å². The first-order chi connectivity index (χ1) is 8.49. The van der Waals surface area contributed by atoms with E-state index in [0.717, 1.165) is 18.4 Å². The largest absolute Gasteiger partial charge is 0.382 e. The van der Waals surface area contributed by atoms with Crippen molar-refractivity contribution >= 4 is 5.78 Å². The zero-order valence-corrected chi connectivity index (χ0v) is 11.2. The monoisotopic (exact) mass is 250 g/mol. The number of carbonyl (C=O) groups excluding carboxylic acids is 1. The van der Waals surface area contributed by atoms with E-state index in [1.165, 1.54) is 0 Å². The number of nitrogens with zero attached hydrogens (tertiary/aromatic N) is 2. The smallest absolute Gasteiger partial charge is 0.164 e. The van der Waals surface area contributed by atoms with Crippen molar-refractivity contribution in [3.05, 3.63) is 18.0 Å². The van der Waals surface area contributed by atoms with E-state index < -0.39 is 5.60 Å². The van der Waals surface area contributed by atoms with Crippen LogP contribution in [0.4, 0.5) is 0 Å². The maximum atomic E-state index is 12.1. The van der Waals surface area contributed by atoms with Crippen LogP contribution in [0.1, 0.15) is 44.6 Å². The Morgan fingerprint density at radius 1 is 1.56 bits per heavy atom. The second kappa shape index (κ2) is 5.22. The van der Waals surface area contributed by atoms with Gasteiger partial charge in [0.05, 0.1) is 6.20 Å². The molecular weight excluding hydrogens is 228 g/mol. The molecule has 1 aliphatic carbocycles. The van der Waals surface area contributed by atoms with Crippen LogP contribution < -0.4 is 0 Å². The fraction of sp³-hybridized carbons (Fsp3) is 0.714. The van der Waals surface area contributed by atoms with E-state index in [1.807, 2.05) is 13.2 Å². The molecule has 1 fully saturated rings. The van der Waals surface area contributed by atoms with E-state index in [2.05, 4.69) is 12.0 Å². The van der Waals surface area contributed by atoms with Gasteiger partial charge in [-0.15, -0.1) is 0 Å². The summed E-state index contributed by atoms with van der Waals surface area (Å²) >= 11 is 0. The Labute approximate surface area is 108 Å². The first-order valence-corrected chi connectivity index (χ1v) is 6.73. The summed E-state index contributed by atoms with van der Waals surface area (Å²) in [5.41, 5.74) is -0.00651. The van der Waals surface area contributed by atoms with Gasteiger partial charge in [-0.3, -0.25) is 9.48 Å². The molecule has 4 heteroatoms. The predicted octanol–water partition coefficient (Wildman–Crippen LogP) is 1.86. The number of aliphatic hydroxyl groups is 1. The molecule has 0 aliphatic heterocycles. The lowest BCUT2D eigenvalue weighted by molar-refractivity contribution is -0.141. The summed E-state index contributed by atoms with van der Waals surface area (Å²) in [5, 5.41) is 14.4. The Balaban J connectivity index is 1.87. The molecule has 0 amide bonds. The second-order valence-electron chi connectivity index (χ2n) is 5.66. The lowest BCUT2D eigenvalue weighted by Gasteiger charge is -2.33. The van der Waals surface area contributed by atoms with Gasteiger partial charge in [0.2, 0.25) is 0 Å². The van der Waals surface area contributed by atoms with Gasteiger partial charge >= 0.3 is 0 Å². The number of Topliss-reactive ketones (excluding diaryl/α,β-unsaturated/α-hetero) is 1. The van der Waals surface area contributed by atoms with Crippen LogP contribution in [-0.2, 0) is 18.3 Å². The molecule has 1 N–H and O–H groups in total. The van der Waals surface area contributed by atoms with Crippen molar-refractivity contribution in [3.63, 3.8) is 0 Å². The van der Waals surface area contributed by atoms with Crippen LogP contribution >= 0.6 is 0 Å². The normalized spacial score (nSPS) is 28.3. The average Bonchev–Trinajstić information content (AvgIpc) is 2.76. The maximum Gasteiger partial charge on any atom is 0.164 e. The van der Waals surface area contributed by atoms with E-state index in [-0.39, 0.29) is 5.78 Å². The van der Waals surface area contributed by atoms with Crippen molar-refractivity contribution in [2.75, 3.05) is 0 Å². The van der Waals surface area contributed by atoms with Crippen molar-refractivity contribution < 1.29 is 9.90 Å². The van der Waals surface area contributed by atoms with Gasteiger partial charge in [-0.05, 0) is 43.6 Å². The van der Waals surface area contributed by atoms with Gasteiger partial charge in [0.15, 0.2) is 5.78 Å². The third kappa shape index (κ3) is 2.99. The molecule has 0 saturated heterocycles. The summed E-state index contributed by atoms with van der Waals surface area (Å²) < 4.78 is 1.73. The van der Waals surface area contributed by atoms with Crippen LogP contribution in [0.2, 0.25) is 0 Å². The topological polar surface area (TPSA) is 55.1 Å². The van der Waals surface area contributed by atoms with Gasteiger partial charge in [0, 0.05) is 19.7 Å². The van der Waals surface area contributed by atoms with Crippen molar-refractivity contribution in [1.29, 1.82) is 0 Å². The van der Waals surface area contributed by atoms with Crippen LogP contribution in [-0.4, -0.2) is 26.3 Å². The number of rotatable bonds is 4. The quantitative estimate of drug-likeness (QED) is 0.887. The van der Waals surface area contributed by atoms with E-state index in [0.29, 0.717) is 31.6 Å². The van der Waals surface area contributed by atoms with Gasteiger partial charge in [0.25, 0.3) is 0 Å². The highest BCUT2D eigenvalue weighted by Gasteiger charge is 2.37. The minimum absolute atomic E-state index is 0.00162. The fourth-order valence-electron chi connectivity index (χ4n) is 2.61. The molecule has 1 aromatic heterocycles. The zero-order valence-electron chi connectivity index (χ0n) is 11.2. The van der Waals surface area contributed by atoms with Gasteiger partial charge in [-0.25, -0.2) is 0 Å². The fourth-order valence-corrected chi connectivity index (χ4v) is 2.61. The summed E-state index contributed by atoms with van der Waals surface area (Å²) in [6, 6.07) is 0. The first kappa shape index (κ1) is 13.3. The van der Waals surface area contributed by atoms with E-state index in [4.69, 9.17) is 0 Å². The van der Waals surface area contributed by atoms with Gasteiger partial charge in [0.1, 0.15) is 5.60 Å². The Hall–Kier alpha value is -1.16. The number of ketones is 1. The molecule has 1 heterocycles. The van der Waals surface area contributed by atoms with Crippen LogP contribution in [0.15, 0.2) is 12.4 Å². The van der Waals surface area contributed by atoms with Crippen LogP contribution in [0, 0.1) is 5.92 Å². The van der Waals surface area contributed by atoms with Crippen molar-refractivity contribution in [2.45, 2.75) is 51.0 Å². The second-order valence-corrected chi connectivity index (χ2v) is 5.66. The molecule has 2 rings (SSSR count). The number of aryl methyl sites for hydroxylation is 2. The van der Waals surface area contributed by atoms with Crippen LogP contribution in [0.3, 0.4) is 0 Å². The molecule has 18 heavy (non-hydrogen) atoms. The third-order valence-corrected chi connectivity index (χ3v) is 4.02. The van der Waals surface area contributed by atoms with Crippen molar-refractivity contribution in [3.8, 4) is 0 Å². The van der Waals surface area contributed by atoms with Crippen molar-refractivity contribution in [1.82, 2.24) is 9.78 Å². The highest BCUT2D eigenvalue weighted by molar-refractivity contribution is 5.87. The Morgan fingerprint density at radius 2 is 2.22 bits per heavy atom. The Bertz CT molecular complexity index is 417. The summed E-state index contributed by atoms with van der Waals surface area (Å²) in [6.07, 6.45) is 7.94. The number of carbonyl (C=O) groups is 1. The molecule has 0 atom stereocenters.